The Balaban J connectivity index is 1.59. The molecule has 1 unspecified atom stereocenters. The van der Waals surface area contributed by atoms with E-state index in [0.717, 1.165) is 13.0 Å². The van der Waals surface area contributed by atoms with Crippen molar-refractivity contribution in [1.82, 2.24) is 15.1 Å². The molecule has 0 saturated heterocycles. The van der Waals surface area contributed by atoms with Crippen molar-refractivity contribution in [2.45, 2.75) is 19.4 Å². The second-order valence-electron chi connectivity index (χ2n) is 5.13. The topological polar surface area (TPSA) is 29.9 Å². The maximum atomic E-state index is 4.19. The van der Waals surface area contributed by atoms with Gasteiger partial charge in [0.15, 0.2) is 0 Å². The zero-order chi connectivity index (χ0) is 13.9. The molecule has 0 aliphatic heterocycles. The van der Waals surface area contributed by atoms with Gasteiger partial charge < -0.3 is 5.32 Å². The number of rotatable bonds is 5. The predicted molar refractivity (Wildman–Crippen MR) is 85.2 cm³/mol. The molecular weight excluding hydrogens is 266 g/mol. The normalized spacial score (nSPS) is 12.9. The van der Waals surface area contributed by atoms with Gasteiger partial charge in [0.25, 0.3) is 0 Å². The second kappa shape index (κ2) is 5.77. The van der Waals surface area contributed by atoms with E-state index in [4.69, 9.17) is 0 Å². The lowest BCUT2D eigenvalue weighted by atomic mass is 10.2. The van der Waals surface area contributed by atoms with Crippen LogP contribution in [0.3, 0.4) is 0 Å². The van der Waals surface area contributed by atoms with Gasteiger partial charge in [-0.25, -0.2) is 0 Å². The first-order valence-electron chi connectivity index (χ1n) is 6.92. The van der Waals surface area contributed by atoms with Crippen molar-refractivity contribution in [1.29, 1.82) is 0 Å². The van der Waals surface area contributed by atoms with E-state index in [1.54, 1.807) is 0 Å². The fraction of sp³-hybridized carbons (Fsp3) is 0.312. The maximum Gasteiger partial charge on any atom is 0.0522 e. The smallest absolute Gasteiger partial charge is 0.0522 e. The van der Waals surface area contributed by atoms with E-state index in [1.807, 2.05) is 29.3 Å². The van der Waals surface area contributed by atoms with Crippen molar-refractivity contribution in [2.24, 2.45) is 7.05 Å². The third-order valence-corrected chi connectivity index (χ3v) is 4.79. The predicted octanol–water partition coefficient (Wildman–Crippen LogP) is 3.53. The highest BCUT2D eigenvalue weighted by molar-refractivity contribution is 7.19. The highest BCUT2D eigenvalue weighted by Crippen LogP contribution is 2.29. The van der Waals surface area contributed by atoms with Crippen molar-refractivity contribution >= 4 is 21.4 Å². The number of hydrogen-bond donors (Lipinski definition) is 1. The fourth-order valence-corrected chi connectivity index (χ4v) is 3.44. The number of hydrogen-bond acceptors (Lipinski definition) is 3. The summed E-state index contributed by atoms with van der Waals surface area (Å²) in [7, 11) is 1.96. The molecule has 1 N–H and O–H groups in total. The third kappa shape index (κ3) is 2.92. The molecule has 0 spiro atoms. The van der Waals surface area contributed by atoms with Crippen LogP contribution in [0.25, 0.3) is 10.1 Å². The van der Waals surface area contributed by atoms with E-state index < -0.39 is 0 Å². The molecule has 0 aliphatic carbocycles. The first-order valence-corrected chi connectivity index (χ1v) is 7.73. The van der Waals surface area contributed by atoms with E-state index in [0.29, 0.717) is 6.04 Å². The van der Waals surface area contributed by atoms with Gasteiger partial charge in [0, 0.05) is 28.9 Å². The van der Waals surface area contributed by atoms with E-state index in [-0.39, 0.29) is 0 Å². The lowest BCUT2D eigenvalue weighted by Gasteiger charge is -2.11. The Morgan fingerprint density at radius 1 is 1.35 bits per heavy atom. The Morgan fingerprint density at radius 3 is 2.95 bits per heavy atom. The van der Waals surface area contributed by atoms with Crippen LogP contribution in [0.1, 0.15) is 23.4 Å². The quantitative estimate of drug-likeness (QED) is 0.777. The molecule has 1 aromatic carbocycles. The molecule has 0 amide bonds. The second-order valence-corrected chi connectivity index (χ2v) is 6.25. The molecule has 104 valence electrons. The van der Waals surface area contributed by atoms with Gasteiger partial charge in [0.05, 0.1) is 6.20 Å². The maximum absolute atomic E-state index is 4.19. The van der Waals surface area contributed by atoms with Crippen molar-refractivity contribution < 1.29 is 0 Å². The molecule has 0 fully saturated rings. The summed E-state index contributed by atoms with van der Waals surface area (Å²) in [4.78, 5) is 1.40. The minimum absolute atomic E-state index is 0.393. The zero-order valence-electron chi connectivity index (χ0n) is 11.8. The fourth-order valence-electron chi connectivity index (χ4n) is 2.35. The average Bonchev–Trinajstić information content (AvgIpc) is 3.04. The Labute approximate surface area is 123 Å². The van der Waals surface area contributed by atoms with Gasteiger partial charge >= 0.3 is 0 Å². The SMILES string of the molecule is CC(NCCc1cnn(C)c1)c1cc2ccccc2s1. The molecule has 1 atom stereocenters. The summed E-state index contributed by atoms with van der Waals surface area (Å²) < 4.78 is 3.22. The molecule has 2 aromatic heterocycles. The van der Waals surface area contributed by atoms with Gasteiger partial charge in [0.1, 0.15) is 0 Å². The van der Waals surface area contributed by atoms with Gasteiger partial charge in [-0.1, -0.05) is 18.2 Å². The van der Waals surface area contributed by atoms with Crippen molar-refractivity contribution in [3.63, 3.8) is 0 Å². The van der Waals surface area contributed by atoms with E-state index in [9.17, 15) is 0 Å². The first-order chi connectivity index (χ1) is 9.72. The number of thiophene rings is 1. The molecule has 3 nitrogen and oxygen atoms in total. The molecule has 0 saturated carbocycles. The van der Waals surface area contributed by atoms with Crippen molar-refractivity contribution in [2.75, 3.05) is 6.54 Å². The molecule has 20 heavy (non-hydrogen) atoms. The van der Waals surface area contributed by atoms with Crippen molar-refractivity contribution in [3.8, 4) is 0 Å². The molecule has 2 heterocycles. The summed E-state index contributed by atoms with van der Waals surface area (Å²) >= 11 is 1.88. The van der Waals surface area contributed by atoms with Gasteiger partial charge in [-0.2, -0.15) is 5.10 Å². The summed E-state index contributed by atoms with van der Waals surface area (Å²) in [6.07, 6.45) is 5.03. The third-order valence-electron chi connectivity index (χ3n) is 3.49. The van der Waals surface area contributed by atoms with Crippen LogP contribution in [0.15, 0.2) is 42.7 Å². The van der Waals surface area contributed by atoms with Gasteiger partial charge in [-0.15, -0.1) is 11.3 Å². The van der Waals surface area contributed by atoms with Crippen LogP contribution >= 0.6 is 11.3 Å². The van der Waals surface area contributed by atoms with Gasteiger partial charge in [-0.05, 0) is 43.0 Å². The van der Waals surface area contributed by atoms with Gasteiger partial charge in [0.2, 0.25) is 0 Å². The van der Waals surface area contributed by atoms with Crippen LogP contribution in [0.5, 0.6) is 0 Å². The minimum atomic E-state index is 0.393. The highest BCUT2D eigenvalue weighted by Gasteiger charge is 2.08. The van der Waals surface area contributed by atoms with Crippen LogP contribution < -0.4 is 5.32 Å². The Morgan fingerprint density at radius 2 is 2.20 bits per heavy atom. The van der Waals surface area contributed by atoms with Crippen LogP contribution in [0.4, 0.5) is 0 Å². The standard InChI is InChI=1S/C16H19N3S/c1-12(17-8-7-13-10-18-19(2)11-13)16-9-14-5-3-4-6-15(14)20-16/h3-6,9-12,17H,7-8H2,1-2H3. The highest BCUT2D eigenvalue weighted by atomic mass is 32.1. The molecule has 0 radical (unpaired) electrons. The number of nitrogens with zero attached hydrogens (tertiary/aromatic N) is 2. The Hall–Kier alpha value is -1.65. The summed E-state index contributed by atoms with van der Waals surface area (Å²) in [6.45, 7) is 3.20. The monoisotopic (exact) mass is 285 g/mol. The summed E-state index contributed by atoms with van der Waals surface area (Å²) in [5.41, 5.74) is 1.28. The number of benzene rings is 1. The lowest BCUT2D eigenvalue weighted by Crippen LogP contribution is -2.20. The van der Waals surface area contributed by atoms with E-state index in [1.165, 1.54) is 20.5 Å². The zero-order valence-corrected chi connectivity index (χ0v) is 12.7. The van der Waals surface area contributed by atoms with Crippen LogP contribution in [-0.4, -0.2) is 16.3 Å². The Bertz CT molecular complexity index is 665. The number of aromatic nitrogens is 2. The molecule has 4 heteroatoms. The molecule has 3 aromatic rings. The first kappa shape index (κ1) is 13.3. The van der Waals surface area contributed by atoms with E-state index in [2.05, 4.69) is 53.9 Å². The summed E-state index contributed by atoms with van der Waals surface area (Å²) in [5, 5.41) is 9.12. The largest absolute Gasteiger partial charge is 0.309 e. The molecule has 3 rings (SSSR count). The Kier molecular flexibility index (Phi) is 3.85. The molecular formula is C16H19N3S. The van der Waals surface area contributed by atoms with Crippen LogP contribution in [0.2, 0.25) is 0 Å². The number of aryl methyl sites for hydroxylation is 1. The number of fused-ring (bicyclic) bond motifs is 1. The van der Waals surface area contributed by atoms with E-state index >= 15 is 0 Å². The minimum Gasteiger partial charge on any atom is -0.309 e. The summed E-state index contributed by atoms with van der Waals surface area (Å²) in [6, 6.07) is 11.2. The average molecular weight is 285 g/mol. The molecule has 0 aliphatic rings. The van der Waals surface area contributed by atoms with Gasteiger partial charge in [-0.3, -0.25) is 4.68 Å². The van der Waals surface area contributed by atoms with Crippen LogP contribution in [-0.2, 0) is 13.5 Å². The molecule has 0 bridgehead atoms. The number of nitrogens with one attached hydrogen (secondary N) is 1. The van der Waals surface area contributed by atoms with Crippen LogP contribution in [0, 0.1) is 0 Å². The summed E-state index contributed by atoms with van der Waals surface area (Å²) in [5.74, 6) is 0. The lowest BCUT2D eigenvalue weighted by molar-refractivity contribution is 0.585. The van der Waals surface area contributed by atoms with Crippen molar-refractivity contribution in [3.05, 3.63) is 53.2 Å².